The van der Waals surface area contributed by atoms with Gasteiger partial charge in [-0.2, -0.15) is 0 Å². The van der Waals surface area contributed by atoms with E-state index in [1.54, 1.807) is 12.1 Å². The molecule has 0 aliphatic carbocycles. The largest absolute Gasteiger partial charge is 0.396 e. The highest BCUT2D eigenvalue weighted by Crippen LogP contribution is 2.27. The van der Waals surface area contributed by atoms with Crippen LogP contribution in [0.1, 0.15) is 42.3 Å². The number of ketones is 1. The maximum absolute atomic E-state index is 12.5. The zero-order valence-corrected chi connectivity index (χ0v) is 12.7. The summed E-state index contributed by atoms with van der Waals surface area (Å²) in [4.78, 5) is 15.4. The zero-order valence-electron chi connectivity index (χ0n) is 11.1. The van der Waals surface area contributed by atoms with Gasteiger partial charge in [-0.15, -0.1) is 11.3 Å². The molecule has 2 heterocycles. The normalized spacial score (nSPS) is 22.4. The predicted molar refractivity (Wildman–Crippen MR) is 79.2 cm³/mol. The van der Waals surface area contributed by atoms with Crippen molar-refractivity contribution >= 4 is 28.7 Å². The first-order valence-electron chi connectivity index (χ1n) is 6.79. The number of likely N-dealkylation sites (tertiary alicyclic amines) is 1. The third kappa shape index (κ3) is 3.57. The number of carbonyl (C=O) groups excluding carboxylic acids is 1. The highest BCUT2D eigenvalue weighted by Gasteiger charge is 2.30. The van der Waals surface area contributed by atoms with Crippen LogP contribution in [0, 0.1) is 0 Å². The fourth-order valence-corrected chi connectivity index (χ4v) is 3.86. The second kappa shape index (κ2) is 6.84. The molecule has 2 unspecified atom stereocenters. The number of rotatable bonds is 5. The van der Waals surface area contributed by atoms with Gasteiger partial charge < -0.3 is 5.11 Å². The van der Waals surface area contributed by atoms with E-state index < -0.39 is 0 Å². The summed E-state index contributed by atoms with van der Waals surface area (Å²) in [6, 6.07) is 3.77. The molecular formula is C14H20ClNO2S. The van der Waals surface area contributed by atoms with Gasteiger partial charge in [-0.05, 0) is 44.9 Å². The lowest BCUT2D eigenvalue weighted by Crippen LogP contribution is -2.48. The number of Topliss-reactive ketones (excluding diaryl/α,β-unsaturated/α-hetero) is 1. The van der Waals surface area contributed by atoms with Crippen molar-refractivity contribution in [2.45, 2.75) is 44.7 Å². The van der Waals surface area contributed by atoms with Crippen molar-refractivity contribution in [3.63, 3.8) is 0 Å². The Hall–Kier alpha value is -0.420. The first-order chi connectivity index (χ1) is 9.13. The highest BCUT2D eigenvalue weighted by atomic mass is 35.5. The highest BCUT2D eigenvalue weighted by molar-refractivity contribution is 7.18. The topological polar surface area (TPSA) is 40.5 Å². The van der Waals surface area contributed by atoms with Gasteiger partial charge in [-0.25, -0.2) is 0 Å². The van der Waals surface area contributed by atoms with Crippen LogP contribution >= 0.6 is 22.9 Å². The van der Waals surface area contributed by atoms with E-state index in [0.717, 1.165) is 30.7 Å². The van der Waals surface area contributed by atoms with E-state index in [1.807, 2.05) is 6.92 Å². The quantitative estimate of drug-likeness (QED) is 0.849. The lowest BCUT2D eigenvalue weighted by Gasteiger charge is -2.39. The number of aliphatic hydroxyl groups excluding tert-OH is 1. The van der Waals surface area contributed by atoms with Crippen molar-refractivity contribution < 1.29 is 9.90 Å². The number of carbonyl (C=O) groups is 1. The summed E-state index contributed by atoms with van der Waals surface area (Å²) in [7, 11) is 0. The van der Waals surface area contributed by atoms with Crippen molar-refractivity contribution in [2.24, 2.45) is 0 Å². The maximum atomic E-state index is 12.5. The number of nitrogens with zero attached hydrogens (tertiary/aromatic N) is 1. The minimum Gasteiger partial charge on any atom is -0.396 e. The number of hydrogen-bond acceptors (Lipinski definition) is 4. The number of piperidine rings is 1. The average Bonchev–Trinajstić information content (AvgIpc) is 2.85. The second-order valence-corrected chi connectivity index (χ2v) is 6.76. The van der Waals surface area contributed by atoms with Gasteiger partial charge in [0.05, 0.1) is 15.3 Å². The summed E-state index contributed by atoms with van der Waals surface area (Å²) < 4.78 is 0.654. The minimum absolute atomic E-state index is 0.133. The van der Waals surface area contributed by atoms with Gasteiger partial charge in [0.25, 0.3) is 0 Å². The van der Waals surface area contributed by atoms with E-state index in [0.29, 0.717) is 10.4 Å². The molecule has 2 atom stereocenters. The molecule has 1 saturated heterocycles. The van der Waals surface area contributed by atoms with E-state index in [-0.39, 0.29) is 18.4 Å². The van der Waals surface area contributed by atoms with Crippen LogP contribution in [0.3, 0.4) is 0 Å². The van der Waals surface area contributed by atoms with Crippen LogP contribution in [0.15, 0.2) is 12.1 Å². The monoisotopic (exact) mass is 301 g/mol. The molecular weight excluding hydrogens is 282 g/mol. The van der Waals surface area contributed by atoms with Gasteiger partial charge in [0.2, 0.25) is 0 Å². The van der Waals surface area contributed by atoms with Crippen molar-refractivity contribution in [1.82, 2.24) is 4.90 Å². The Morgan fingerprint density at radius 1 is 1.58 bits per heavy atom. The van der Waals surface area contributed by atoms with Crippen molar-refractivity contribution in [3.05, 3.63) is 21.3 Å². The molecule has 0 bridgehead atoms. The average molecular weight is 302 g/mol. The maximum Gasteiger partial charge on any atom is 0.189 e. The predicted octanol–water partition coefficient (Wildman–Crippen LogP) is 3.21. The Morgan fingerprint density at radius 2 is 2.37 bits per heavy atom. The van der Waals surface area contributed by atoms with Crippen molar-refractivity contribution in [2.75, 3.05) is 13.2 Å². The van der Waals surface area contributed by atoms with Crippen LogP contribution in [0.5, 0.6) is 0 Å². The number of hydrogen-bond donors (Lipinski definition) is 1. The van der Waals surface area contributed by atoms with Crippen molar-refractivity contribution in [1.29, 1.82) is 0 Å². The minimum atomic E-state index is -0.133. The summed E-state index contributed by atoms with van der Waals surface area (Å²) in [6.45, 7) is 3.09. The molecule has 0 aromatic carbocycles. The van der Waals surface area contributed by atoms with Crippen LogP contribution in [-0.2, 0) is 0 Å². The van der Waals surface area contributed by atoms with Crippen LogP contribution in [0.25, 0.3) is 0 Å². The molecule has 19 heavy (non-hydrogen) atoms. The van der Waals surface area contributed by atoms with Crippen LogP contribution < -0.4 is 0 Å². The molecule has 1 N–H and O–H groups in total. The van der Waals surface area contributed by atoms with Gasteiger partial charge in [-0.3, -0.25) is 9.69 Å². The zero-order chi connectivity index (χ0) is 13.8. The van der Waals surface area contributed by atoms with E-state index in [9.17, 15) is 4.79 Å². The van der Waals surface area contributed by atoms with Gasteiger partial charge in [0.1, 0.15) is 0 Å². The Morgan fingerprint density at radius 3 is 3.00 bits per heavy atom. The third-order valence-corrected chi connectivity index (χ3v) is 5.07. The third-order valence-electron chi connectivity index (χ3n) is 3.83. The Kier molecular flexibility index (Phi) is 5.39. The molecule has 5 heteroatoms. The smallest absolute Gasteiger partial charge is 0.189 e. The molecule has 3 nitrogen and oxygen atoms in total. The second-order valence-electron chi connectivity index (χ2n) is 5.04. The van der Waals surface area contributed by atoms with Crippen molar-refractivity contribution in [3.8, 4) is 0 Å². The Balaban J connectivity index is 2.08. The molecule has 0 radical (unpaired) electrons. The van der Waals surface area contributed by atoms with Gasteiger partial charge >= 0.3 is 0 Å². The van der Waals surface area contributed by atoms with E-state index >= 15 is 0 Å². The van der Waals surface area contributed by atoms with Crippen LogP contribution in [-0.4, -0.2) is 41.0 Å². The lowest BCUT2D eigenvalue weighted by molar-refractivity contribution is 0.0607. The molecule has 1 fully saturated rings. The van der Waals surface area contributed by atoms with E-state index in [2.05, 4.69) is 4.90 Å². The summed E-state index contributed by atoms with van der Waals surface area (Å²) in [6.07, 6.45) is 4.14. The first-order valence-corrected chi connectivity index (χ1v) is 7.99. The molecule has 0 amide bonds. The number of halogens is 1. The SMILES string of the molecule is CC(C(=O)c1ccc(Cl)s1)N1CCCCC1CCO. The standard InChI is InChI=1S/C14H20ClNO2S/c1-10(14(18)12-5-6-13(15)19-12)16-8-3-2-4-11(16)7-9-17/h5-6,10-11,17H,2-4,7-9H2,1H3. The summed E-state index contributed by atoms with van der Waals surface area (Å²) in [5.74, 6) is 0.140. The molecule has 0 saturated carbocycles. The molecule has 2 rings (SSSR count). The molecule has 1 aliphatic heterocycles. The summed E-state index contributed by atoms with van der Waals surface area (Å²) >= 11 is 7.24. The summed E-state index contributed by atoms with van der Waals surface area (Å²) in [5, 5.41) is 9.15. The molecule has 0 spiro atoms. The Bertz CT molecular complexity index is 433. The molecule has 106 valence electrons. The number of thiophene rings is 1. The molecule has 1 aromatic heterocycles. The number of aliphatic hydroxyl groups is 1. The Labute approximate surface area is 123 Å². The molecule has 1 aliphatic rings. The summed E-state index contributed by atoms with van der Waals surface area (Å²) in [5.41, 5.74) is 0. The fourth-order valence-electron chi connectivity index (χ4n) is 2.80. The lowest BCUT2D eigenvalue weighted by atomic mass is 9.96. The van der Waals surface area contributed by atoms with Gasteiger partial charge in [0, 0.05) is 12.6 Å². The van der Waals surface area contributed by atoms with Gasteiger partial charge in [0.15, 0.2) is 5.78 Å². The van der Waals surface area contributed by atoms with Crippen LogP contribution in [0.4, 0.5) is 0 Å². The molecule has 1 aromatic rings. The van der Waals surface area contributed by atoms with E-state index in [1.165, 1.54) is 17.8 Å². The van der Waals surface area contributed by atoms with Crippen LogP contribution in [0.2, 0.25) is 4.34 Å². The van der Waals surface area contributed by atoms with Gasteiger partial charge in [-0.1, -0.05) is 18.0 Å². The first kappa shape index (κ1) is 15.0. The fraction of sp³-hybridized carbons (Fsp3) is 0.643. The van der Waals surface area contributed by atoms with E-state index in [4.69, 9.17) is 16.7 Å².